The second kappa shape index (κ2) is 7.69. The molecule has 3 nitrogen and oxygen atoms in total. The van der Waals surface area contributed by atoms with Gasteiger partial charge in [-0.1, -0.05) is 40.7 Å². The summed E-state index contributed by atoms with van der Waals surface area (Å²) < 4.78 is 10.7. The fourth-order valence-electron chi connectivity index (χ4n) is 2.16. The molecule has 1 rings (SSSR count). The van der Waals surface area contributed by atoms with Crippen LogP contribution in [0.15, 0.2) is 18.2 Å². The molecule has 1 aromatic carbocycles. The summed E-state index contributed by atoms with van der Waals surface area (Å²) in [5.41, 5.74) is 1.53. The van der Waals surface area contributed by atoms with Gasteiger partial charge in [-0.3, -0.25) is 0 Å². The fraction of sp³-hybridized carbons (Fsp3) is 0.667. The van der Waals surface area contributed by atoms with Crippen LogP contribution in [-0.4, -0.2) is 20.8 Å². The summed E-state index contributed by atoms with van der Waals surface area (Å²) in [7, 11) is 3.34. The molecule has 0 aliphatic heterocycles. The first kappa shape index (κ1) is 17.8. The molecule has 1 N–H and O–H groups in total. The lowest BCUT2D eigenvalue weighted by atomic mass is 9.81. The van der Waals surface area contributed by atoms with Crippen LogP contribution in [0.25, 0.3) is 0 Å². The van der Waals surface area contributed by atoms with Gasteiger partial charge in [-0.15, -0.1) is 0 Å². The smallest absolute Gasteiger partial charge is 0.161 e. The van der Waals surface area contributed by atoms with Gasteiger partial charge in [0.1, 0.15) is 0 Å². The van der Waals surface area contributed by atoms with E-state index in [2.05, 4.69) is 52.1 Å². The third kappa shape index (κ3) is 4.63. The molecular formula is C18H31NO2. The number of hydrogen-bond donors (Lipinski definition) is 1. The van der Waals surface area contributed by atoms with Gasteiger partial charge in [-0.05, 0) is 35.4 Å². The first-order valence-electron chi connectivity index (χ1n) is 7.81. The second-order valence-electron chi connectivity index (χ2n) is 6.60. The van der Waals surface area contributed by atoms with Crippen LogP contribution in [0.2, 0.25) is 0 Å². The van der Waals surface area contributed by atoms with E-state index >= 15 is 0 Å². The minimum absolute atomic E-state index is 0.282. The van der Waals surface area contributed by atoms with E-state index in [9.17, 15) is 0 Å². The Hall–Kier alpha value is -1.22. The minimum Gasteiger partial charge on any atom is -0.493 e. The van der Waals surface area contributed by atoms with Crippen LogP contribution in [0.5, 0.6) is 11.5 Å². The quantitative estimate of drug-likeness (QED) is 0.769. The van der Waals surface area contributed by atoms with Crippen molar-refractivity contribution >= 4 is 0 Å². The summed E-state index contributed by atoms with van der Waals surface area (Å²) in [6, 6.07) is 6.50. The van der Waals surface area contributed by atoms with Crippen molar-refractivity contribution in [1.82, 2.24) is 5.32 Å². The molecule has 1 aromatic rings. The fourth-order valence-corrected chi connectivity index (χ4v) is 2.16. The Morgan fingerprint density at radius 3 is 2.19 bits per heavy atom. The van der Waals surface area contributed by atoms with Gasteiger partial charge in [0.05, 0.1) is 14.2 Å². The SMILES string of the molecule is CCC(NCC(C)(C)C(C)C)c1ccc(OC)c(OC)c1. The highest BCUT2D eigenvalue weighted by atomic mass is 16.5. The van der Waals surface area contributed by atoms with Crippen LogP contribution < -0.4 is 14.8 Å². The van der Waals surface area contributed by atoms with E-state index in [1.54, 1.807) is 14.2 Å². The first-order chi connectivity index (χ1) is 9.85. The lowest BCUT2D eigenvalue weighted by Crippen LogP contribution is -2.35. The normalized spacial score (nSPS) is 13.3. The number of nitrogens with one attached hydrogen (secondary N) is 1. The average molecular weight is 293 g/mol. The maximum Gasteiger partial charge on any atom is 0.161 e. The van der Waals surface area contributed by atoms with E-state index in [4.69, 9.17) is 9.47 Å². The highest BCUT2D eigenvalue weighted by Crippen LogP contribution is 2.32. The molecule has 0 heterocycles. The Bertz CT molecular complexity index is 441. The molecular weight excluding hydrogens is 262 g/mol. The van der Waals surface area contributed by atoms with Crippen LogP contribution >= 0.6 is 0 Å². The molecule has 0 amide bonds. The number of benzene rings is 1. The zero-order valence-electron chi connectivity index (χ0n) is 14.6. The van der Waals surface area contributed by atoms with E-state index < -0.39 is 0 Å². The van der Waals surface area contributed by atoms with Gasteiger partial charge in [0.25, 0.3) is 0 Å². The van der Waals surface area contributed by atoms with Crippen molar-refractivity contribution in [2.24, 2.45) is 11.3 Å². The summed E-state index contributed by atoms with van der Waals surface area (Å²) in [6.07, 6.45) is 1.05. The third-order valence-corrected chi connectivity index (χ3v) is 4.59. The maximum atomic E-state index is 5.40. The van der Waals surface area contributed by atoms with Crippen molar-refractivity contribution < 1.29 is 9.47 Å². The number of rotatable bonds is 8. The molecule has 3 heteroatoms. The van der Waals surface area contributed by atoms with Crippen molar-refractivity contribution in [3.05, 3.63) is 23.8 Å². The maximum absolute atomic E-state index is 5.40. The molecule has 120 valence electrons. The van der Waals surface area contributed by atoms with Crippen LogP contribution in [0.3, 0.4) is 0 Å². The van der Waals surface area contributed by atoms with Crippen molar-refractivity contribution in [2.75, 3.05) is 20.8 Å². The van der Waals surface area contributed by atoms with E-state index in [1.165, 1.54) is 5.56 Å². The van der Waals surface area contributed by atoms with Crippen molar-refractivity contribution in [2.45, 2.75) is 47.1 Å². The Morgan fingerprint density at radius 2 is 1.71 bits per heavy atom. The third-order valence-electron chi connectivity index (χ3n) is 4.59. The Morgan fingerprint density at radius 1 is 1.10 bits per heavy atom. The van der Waals surface area contributed by atoms with E-state index in [1.807, 2.05) is 6.07 Å². The van der Waals surface area contributed by atoms with E-state index in [0.29, 0.717) is 12.0 Å². The molecule has 0 saturated carbocycles. The summed E-state index contributed by atoms with van der Waals surface area (Å²) in [6.45, 7) is 12.4. The van der Waals surface area contributed by atoms with Crippen LogP contribution in [0.4, 0.5) is 0 Å². The zero-order valence-corrected chi connectivity index (χ0v) is 14.6. The van der Waals surface area contributed by atoms with Gasteiger partial charge in [0.15, 0.2) is 11.5 Å². The molecule has 1 unspecified atom stereocenters. The number of methoxy groups -OCH3 is 2. The van der Waals surface area contributed by atoms with Crippen LogP contribution in [0, 0.1) is 11.3 Å². The van der Waals surface area contributed by atoms with Gasteiger partial charge < -0.3 is 14.8 Å². The number of ether oxygens (including phenoxy) is 2. The lowest BCUT2D eigenvalue weighted by molar-refractivity contribution is 0.227. The predicted octanol–water partition coefficient (Wildman–Crippen LogP) is 4.43. The van der Waals surface area contributed by atoms with E-state index in [0.717, 1.165) is 24.5 Å². The van der Waals surface area contributed by atoms with Gasteiger partial charge in [-0.25, -0.2) is 0 Å². The van der Waals surface area contributed by atoms with Crippen molar-refractivity contribution in [3.63, 3.8) is 0 Å². The summed E-state index contributed by atoms with van der Waals surface area (Å²) in [4.78, 5) is 0. The molecule has 0 aliphatic rings. The molecule has 0 radical (unpaired) electrons. The molecule has 0 bridgehead atoms. The summed E-state index contributed by atoms with van der Waals surface area (Å²) in [5, 5.41) is 3.70. The molecule has 21 heavy (non-hydrogen) atoms. The second-order valence-corrected chi connectivity index (χ2v) is 6.60. The Balaban J connectivity index is 2.85. The Kier molecular flexibility index (Phi) is 6.53. The monoisotopic (exact) mass is 293 g/mol. The van der Waals surface area contributed by atoms with Crippen molar-refractivity contribution in [1.29, 1.82) is 0 Å². The average Bonchev–Trinajstić information content (AvgIpc) is 2.47. The molecule has 1 atom stereocenters. The molecule has 0 aromatic heterocycles. The van der Waals surface area contributed by atoms with Gasteiger partial charge >= 0.3 is 0 Å². The summed E-state index contributed by atoms with van der Waals surface area (Å²) in [5.74, 6) is 2.21. The highest BCUT2D eigenvalue weighted by molar-refractivity contribution is 5.43. The lowest BCUT2D eigenvalue weighted by Gasteiger charge is -2.32. The van der Waals surface area contributed by atoms with Gasteiger partial charge in [0.2, 0.25) is 0 Å². The first-order valence-corrected chi connectivity index (χ1v) is 7.81. The minimum atomic E-state index is 0.282. The topological polar surface area (TPSA) is 30.5 Å². The van der Waals surface area contributed by atoms with E-state index in [-0.39, 0.29) is 5.41 Å². The van der Waals surface area contributed by atoms with Crippen LogP contribution in [0.1, 0.15) is 52.6 Å². The molecule has 0 spiro atoms. The molecule has 0 fully saturated rings. The molecule has 0 aliphatic carbocycles. The van der Waals surface area contributed by atoms with Crippen molar-refractivity contribution in [3.8, 4) is 11.5 Å². The predicted molar refractivity (Wildman–Crippen MR) is 89.2 cm³/mol. The van der Waals surface area contributed by atoms with Crippen LogP contribution in [-0.2, 0) is 0 Å². The zero-order chi connectivity index (χ0) is 16.0. The number of hydrogen-bond acceptors (Lipinski definition) is 3. The largest absolute Gasteiger partial charge is 0.493 e. The standard InChI is InChI=1S/C18H31NO2/c1-8-15(19-12-18(4,5)13(2)3)14-9-10-16(20-6)17(11-14)21-7/h9-11,13,15,19H,8,12H2,1-7H3. The van der Waals surface area contributed by atoms with Gasteiger partial charge in [-0.2, -0.15) is 0 Å². The highest BCUT2D eigenvalue weighted by Gasteiger charge is 2.23. The van der Waals surface area contributed by atoms with Gasteiger partial charge in [0, 0.05) is 12.6 Å². The Labute approximate surface area is 130 Å². The molecule has 0 saturated heterocycles. The summed E-state index contributed by atoms with van der Waals surface area (Å²) >= 11 is 0.